The molecule has 0 aliphatic carbocycles. The molecular formula is C27H15F4N3. The number of rotatable bonds is 4. The van der Waals surface area contributed by atoms with Crippen molar-refractivity contribution in [1.82, 2.24) is 15.0 Å². The average Bonchev–Trinajstić information content (AvgIpc) is 2.89. The van der Waals surface area contributed by atoms with Crippen LogP contribution in [0.3, 0.4) is 0 Å². The highest BCUT2D eigenvalue weighted by molar-refractivity contribution is 5.74. The average molecular weight is 457 g/mol. The van der Waals surface area contributed by atoms with Gasteiger partial charge in [-0.3, -0.25) is 0 Å². The first-order valence-corrected chi connectivity index (χ1v) is 10.3. The second-order valence-corrected chi connectivity index (χ2v) is 7.47. The monoisotopic (exact) mass is 457 g/mol. The maximum atomic E-state index is 14.2. The molecule has 3 aromatic carbocycles. The maximum Gasteiger partial charge on any atom is 0.252 e. The summed E-state index contributed by atoms with van der Waals surface area (Å²) in [7, 11) is 0. The van der Waals surface area contributed by atoms with Crippen molar-refractivity contribution in [2.45, 2.75) is 0 Å². The molecule has 5 rings (SSSR count). The SMILES string of the molecule is Fc1nc(F)c(F)c(-c2ccc(-c3cc(-c4ccccc4)nc(-c4ccccc4)n3)cc2)c1F. The fourth-order valence-corrected chi connectivity index (χ4v) is 3.62. The van der Waals surface area contributed by atoms with E-state index in [1.807, 2.05) is 66.7 Å². The van der Waals surface area contributed by atoms with Crippen molar-refractivity contribution >= 4 is 0 Å². The molecule has 0 bridgehead atoms. The van der Waals surface area contributed by atoms with Gasteiger partial charge in [-0.15, -0.1) is 0 Å². The van der Waals surface area contributed by atoms with Crippen LogP contribution in [0.5, 0.6) is 0 Å². The Morgan fingerprint density at radius 1 is 0.441 bits per heavy atom. The molecule has 2 heterocycles. The summed E-state index contributed by atoms with van der Waals surface area (Å²) in [6, 6.07) is 26.8. The van der Waals surface area contributed by atoms with Gasteiger partial charge < -0.3 is 0 Å². The normalized spacial score (nSPS) is 10.9. The lowest BCUT2D eigenvalue weighted by atomic mass is 10.0. The Morgan fingerprint density at radius 3 is 1.41 bits per heavy atom. The highest BCUT2D eigenvalue weighted by atomic mass is 19.2. The Morgan fingerprint density at radius 2 is 0.882 bits per heavy atom. The fourth-order valence-electron chi connectivity index (χ4n) is 3.62. The first kappa shape index (κ1) is 21.5. The Balaban J connectivity index is 1.62. The van der Waals surface area contributed by atoms with Gasteiger partial charge in [0.25, 0.3) is 11.9 Å². The van der Waals surface area contributed by atoms with E-state index in [0.717, 1.165) is 11.1 Å². The quantitative estimate of drug-likeness (QED) is 0.214. The van der Waals surface area contributed by atoms with Gasteiger partial charge in [0.2, 0.25) is 0 Å². The fraction of sp³-hybridized carbons (Fsp3) is 0. The Kier molecular flexibility index (Phi) is 5.59. The van der Waals surface area contributed by atoms with Crippen LogP contribution in [-0.2, 0) is 0 Å². The minimum Gasteiger partial charge on any atom is -0.228 e. The van der Waals surface area contributed by atoms with Gasteiger partial charge in [-0.05, 0) is 11.6 Å². The van der Waals surface area contributed by atoms with Crippen LogP contribution >= 0.6 is 0 Å². The van der Waals surface area contributed by atoms with Gasteiger partial charge in [-0.25, -0.2) is 18.7 Å². The predicted octanol–water partition coefficient (Wildman–Crippen LogP) is 7.10. The van der Waals surface area contributed by atoms with Crippen LogP contribution in [0.15, 0.2) is 91.0 Å². The van der Waals surface area contributed by atoms with Crippen LogP contribution in [0.4, 0.5) is 17.6 Å². The number of benzene rings is 3. The van der Waals surface area contributed by atoms with E-state index in [4.69, 9.17) is 4.98 Å². The number of halogens is 4. The Bertz CT molecular complexity index is 1390. The van der Waals surface area contributed by atoms with E-state index in [0.29, 0.717) is 22.8 Å². The van der Waals surface area contributed by atoms with Crippen molar-refractivity contribution in [3.05, 3.63) is 115 Å². The molecule has 7 heteroatoms. The van der Waals surface area contributed by atoms with E-state index in [1.54, 1.807) is 12.1 Å². The van der Waals surface area contributed by atoms with E-state index in [2.05, 4.69) is 9.97 Å². The number of pyridine rings is 1. The molecular weight excluding hydrogens is 442 g/mol. The molecule has 3 nitrogen and oxygen atoms in total. The third-order valence-electron chi connectivity index (χ3n) is 5.29. The molecule has 0 amide bonds. The molecule has 0 unspecified atom stereocenters. The van der Waals surface area contributed by atoms with Crippen LogP contribution in [0, 0.1) is 23.5 Å². The molecule has 0 spiro atoms. The summed E-state index contributed by atoms with van der Waals surface area (Å²) in [6.07, 6.45) is 0. The largest absolute Gasteiger partial charge is 0.252 e. The second-order valence-electron chi connectivity index (χ2n) is 7.47. The summed E-state index contributed by atoms with van der Waals surface area (Å²) in [5.74, 6) is -5.99. The van der Waals surface area contributed by atoms with Gasteiger partial charge in [0.05, 0.1) is 17.0 Å². The first-order chi connectivity index (χ1) is 16.5. The van der Waals surface area contributed by atoms with Gasteiger partial charge in [0.1, 0.15) is 0 Å². The summed E-state index contributed by atoms with van der Waals surface area (Å²) in [5.41, 5.74) is 2.79. The summed E-state index contributed by atoms with van der Waals surface area (Å²) < 4.78 is 55.4. The van der Waals surface area contributed by atoms with E-state index < -0.39 is 29.1 Å². The molecule has 0 saturated heterocycles. The number of hydrogen-bond donors (Lipinski definition) is 0. The molecule has 5 aromatic rings. The van der Waals surface area contributed by atoms with Crippen molar-refractivity contribution in [3.8, 4) is 45.0 Å². The highest BCUT2D eigenvalue weighted by Gasteiger charge is 2.22. The van der Waals surface area contributed by atoms with E-state index >= 15 is 0 Å². The van der Waals surface area contributed by atoms with Crippen molar-refractivity contribution < 1.29 is 17.6 Å². The summed E-state index contributed by atoms with van der Waals surface area (Å²) >= 11 is 0. The lowest BCUT2D eigenvalue weighted by Gasteiger charge is -2.10. The molecule has 0 fully saturated rings. The first-order valence-electron chi connectivity index (χ1n) is 10.3. The van der Waals surface area contributed by atoms with E-state index in [9.17, 15) is 17.6 Å². The molecule has 0 atom stereocenters. The molecule has 0 radical (unpaired) electrons. The van der Waals surface area contributed by atoms with Gasteiger partial charge in [0, 0.05) is 16.7 Å². The predicted molar refractivity (Wildman–Crippen MR) is 121 cm³/mol. The Labute approximate surface area is 192 Å². The molecule has 2 aromatic heterocycles. The third kappa shape index (κ3) is 4.03. The summed E-state index contributed by atoms with van der Waals surface area (Å²) in [5, 5.41) is 0. The molecule has 34 heavy (non-hydrogen) atoms. The zero-order chi connectivity index (χ0) is 23.7. The number of nitrogens with zero attached hydrogens (tertiary/aromatic N) is 3. The molecule has 0 saturated carbocycles. The zero-order valence-corrected chi connectivity index (χ0v) is 17.5. The van der Waals surface area contributed by atoms with Crippen LogP contribution in [0.1, 0.15) is 0 Å². The van der Waals surface area contributed by atoms with Crippen LogP contribution in [-0.4, -0.2) is 15.0 Å². The van der Waals surface area contributed by atoms with E-state index in [-0.39, 0.29) is 5.56 Å². The highest BCUT2D eigenvalue weighted by Crippen LogP contribution is 2.32. The topological polar surface area (TPSA) is 38.7 Å². The lowest BCUT2D eigenvalue weighted by Crippen LogP contribution is -2.03. The second kappa shape index (κ2) is 8.86. The van der Waals surface area contributed by atoms with Crippen molar-refractivity contribution in [2.75, 3.05) is 0 Å². The maximum absolute atomic E-state index is 14.2. The third-order valence-corrected chi connectivity index (χ3v) is 5.29. The van der Waals surface area contributed by atoms with Crippen LogP contribution in [0.25, 0.3) is 45.0 Å². The standard InChI is InChI=1S/C27H15F4N3/c28-23-22(24(29)26(31)34-25(23)30)18-13-11-17(12-14-18)21-15-20(16-7-3-1-4-8-16)32-27(33-21)19-9-5-2-6-10-19/h1-15H. The molecule has 0 N–H and O–H groups in total. The van der Waals surface area contributed by atoms with Gasteiger partial charge >= 0.3 is 0 Å². The van der Waals surface area contributed by atoms with Crippen LogP contribution in [0.2, 0.25) is 0 Å². The van der Waals surface area contributed by atoms with Crippen LogP contribution < -0.4 is 0 Å². The summed E-state index contributed by atoms with van der Waals surface area (Å²) in [4.78, 5) is 12.0. The Hall–Kier alpha value is -4.39. The molecule has 0 aliphatic heterocycles. The lowest BCUT2D eigenvalue weighted by molar-refractivity contribution is 0.410. The zero-order valence-electron chi connectivity index (χ0n) is 17.5. The van der Waals surface area contributed by atoms with Gasteiger partial charge in [-0.1, -0.05) is 84.9 Å². The smallest absolute Gasteiger partial charge is 0.228 e. The summed E-state index contributed by atoms with van der Waals surface area (Å²) in [6.45, 7) is 0. The van der Waals surface area contributed by atoms with Crippen molar-refractivity contribution in [2.24, 2.45) is 0 Å². The van der Waals surface area contributed by atoms with Crippen molar-refractivity contribution in [3.63, 3.8) is 0 Å². The van der Waals surface area contributed by atoms with E-state index in [1.165, 1.54) is 12.1 Å². The number of hydrogen-bond acceptors (Lipinski definition) is 3. The minimum atomic E-state index is -1.70. The van der Waals surface area contributed by atoms with Gasteiger partial charge in [-0.2, -0.15) is 13.8 Å². The number of aromatic nitrogens is 3. The molecule has 0 aliphatic rings. The molecule has 166 valence electrons. The minimum absolute atomic E-state index is 0.0282. The van der Waals surface area contributed by atoms with Crippen molar-refractivity contribution in [1.29, 1.82) is 0 Å². The van der Waals surface area contributed by atoms with Gasteiger partial charge in [0.15, 0.2) is 17.5 Å².